The van der Waals surface area contributed by atoms with Crippen molar-refractivity contribution in [1.29, 1.82) is 0 Å². The zero-order valence-corrected chi connectivity index (χ0v) is 21.0. The first-order valence-corrected chi connectivity index (χ1v) is 11.7. The lowest BCUT2D eigenvalue weighted by Gasteiger charge is -2.16. The van der Waals surface area contributed by atoms with Gasteiger partial charge in [-0.2, -0.15) is 0 Å². The van der Waals surface area contributed by atoms with Crippen LogP contribution in [0, 0.1) is 21.0 Å². The number of benzene rings is 2. The summed E-state index contributed by atoms with van der Waals surface area (Å²) in [4.78, 5) is 15.3. The maximum atomic E-state index is 13.1. The van der Waals surface area contributed by atoms with E-state index in [1.165, 1.54) is 17.3 Å². The van der Waals surface area contributed by atoms with Crippen LogP contribution in [0.5, 0.6) is 5.75 Å². The fourth-order valence-electron chi connectivity index (χ4n) is 2.68. The van der Waals surface area contributed by atoms with Gasteiger partial charge in [-0.25, -0.2) is 0 Å². The van der Waals surface area contributed by atoms with Gasteiger partial charge in [0.1, 0.15) is 5.75 Å². The predicted octanol–water partition coefficient (Wildman–Crippen LogP) is 6.32. The summed E-state index contributed by atoms with van der Waals surface area (Å²) in [6.07, 6.45) is 1.88. The number of halogens is 2. The molecular formula is C20H17I2NO2S2. The number of rotatable bonds is 4. The number of hydrogen-bond donors (Lipinski definition) is 0. The zero-order chi connectivity index (χ0) is 19.7. The molecule has 0 aromatic heterocycles. The van der Waals surface area contributed by atoms with E-state index in [4.69, 9.17) is 17.0 Å². The van der Waals surface area contributed by atoms with Gasteiger partial charge in [0.15, 0.2) is 4.32 Å². The third kappa shape index (κ3) is 4.51. The molecule has 0 N–H and O–H groups in total. The molecule has 1 aliphatic heterocycles. The van der Waals surface area contributed by atoms with E-state index in [1.54, 1.807) is 4.90 Å². The summed E-state index contributed by atoms with van der Waals surface area (Å²) >= 11 is 11.4. The molecule has 0 saturated carbocycles. The molecule has 1 fully saturated rings. The molecule has 140 valence electrons. The average molecular weight is 621 g/mol. The molecule has 3 rings (SSSR count). The van der Waals surface area contributed by atoms with Gasteiger partial charge in [0, 0.05) is 9.13 Å². The van der Waals surface area contributed by atoms with Crippen LogP contribution in [0.2, 0.25) is 0 Å². The third-order valence-corrected chi connectivity index (χ3v) is 6.88. The molecule has 3 nitrogen and oxygen atoms in total. The van der Waals surface area contributed by atoms with Gasteiger partial charge in [-0.05, 0) is 107 Å². The van der Waals surface area contributed by atoms with Crippen LogP contribution in [-0.4, -0.2) is 16.8 Å². The largest absolute Gasteiger partial charge is 0.492 e. The van der Waals surface area contributed by atoms with E-state index in [-0.39, 0.29) is 5.91 Å². The minimum absolute atomic E-state index is 0.0930. The number of ether oxygens (including phenoxy) is 1. The van der Waals surface area contributed by atoms with Crippen molar-refractivity contribution in [2.45, 2.75) is 20.8 Å². The van der Waals surface area contributed by atoms with Gasteiger partial charge in [0.05, 0.1) is 20.8 Å². The maximum Gasteiger partial charge on any atom is 0.270 e. The molecule has 0 spiro atoms. The SMILES string of the molecule is CCOc1c(I)cc(I)cc1C=C1SC(=S)N(c2ccc(C)c(C)c2)C1=O. The van der Waals surface area contributed by atoms with Gasteiger partial charge in [0.25, 0.3) is 5.91 Å². The van der Waals surface area contributed by atoms with Crippen LogP contribution in [0.4, 0.5) is 5.69 Å². The lowest BCUT2D eigenvalue weighted by atomic mass is 10.1. The summed E-state index contributed by atoms with van der Waals surface area (Å²) < 4.78 is 8.48. The second-order valence-corrected chi connectivity index (χ2v) is 10.1. The quantitative estimate of drug-likeness (QED) is 0.227. The number of aryl methyl sites for hydroxylation is 2. The Hall–Kier alpha value is -0.650. The number of carbonyl (C=O) groups excluding carboxylic acids is 1. The topological polar surface area (TPSA) is 29.5 Å². The molecule has 0 atom stereocenters. The lowest BCUT2D eigenvalue weighted by Crippen LogP contribution is -2.27. The first-order valence-electron chi connectivity index (χ1n) is 8.29. The monoisotopic (exact) mass is 621 g/mol. The van der Waals surface area contributed by atoms with E-state index in [2.05, 4.69) is 58.2 Å². The highest BCUT2D eigenvalue weighted by atomic mass is 127. The molecule has 0 unspecified atom stereocenters. The Balaban J connectivity index is 2.01. The number of amides is 1. The molecule has 27 heavy (non-hydrogen) atoms. The third-order valence-electron chi connectivity index (χ3n) is 4.15. The van der Waals surface area contributed by atoms with Crippen LogP contribution in [0.15, 0.2) is 35.2 Å². The number of anilines is 1. The first kappa shape index (κ1) is 21.1. The molecule has 2 aromatic rings. The van der Waals surface area contributed by atoms with Crippen LogP contribution in [0.25, 0.3) is 6.08 Å². The van der Waals surface area contributed by atoms with Gasteiger partial charge >= 0.3 is 0 Å². The number of nitrogens with zero attached hydrogens (tertiary/aromatic N) is 1. The van der Waals surface area contributed by atoms with E-state index >= 15 is 0 Å². The molecule has 1 amide bonds. The highest BCUT2D eigenvalue weighted by molar-refractivity contribution is 14.1. The van der Waals surface area contributed by atoms with Gasteiger partial charge < -0.3 is 4.74 Å². The van der Waals surface area contributed by atoms with Crippen molar-refractivity contribution in [1.82, 2.24) is 0 Å². The van der Waals surface area contributed by atoms with Crippen molar-refractivity contribution in [3.8, 4) is 5.75 Å². The van der Waals surface area contributed by atoms with Gasteiger partial charge in [0.2, 0.25) is 0 Å². The first-order chi connectivity index (χ1) is 12.8. The van der Waals surface area contributed by atoms with E-state index in [1.807, 2.05) is 44.2 Å². The normalized spacial score (nSPS) is 15.7. The molecule has 0 radical (unpaired) electrons. The highest BCUT2D eigenvalue weighted by Gasteiger charge is 2.33. The lowest BCUT2D eigenvalue weighted by molar-refractivity contribution is -0.113. The Morgan fingerprint density at radius 2 is 1.93 bits per heavy atom. The highest BCUT2D eigenvalue weighted by Crippen LogP contribution is 2.38. The molecule has 2 aromatic carbocycles. The van der Waals surface area contributed by atoms with Crippen LogP contribution < -0.4 is 9.64 Å². The van der Waals surface area contributed by atoms with Crippen molar-refractivity contribution in [3.05, 3.63) is 59.1 Å². The van der Waals surface area contributed by atoms with Crippen LogP contribution in [-0.2, 0) is 4.79 Å². The minimum Gasteiger partial charge on any atom is -0.492 e. The van der Waals surface area contributed by atoms with Gasteiger partial charge in [-0.1, -0.05) is 30.0 Å². The van der Waals surface area contributed by atoms with E-state index in [0.29, 0.717) is 15.8 Å². The number of thiocarbonyl (C=S) groups is 1. The summed E-state index contributed by atoms with van der Waals surface area (Å²) in [6.45, 7) is 6.61. The van der Waals surface area contributed by atoms with Gasteiger partial charge in [-0.3, -0.25) is 9.69 Å². The van der Waals surface area contributed by atoms with Crippen molar-refractivity contribution in [2.75, 3.05) is 11.5 Å². The van der Waals surface area contributed by atoms with E-state index < -0.39 is 0 Å². The fourth-order valence-corrected chi connectivity index (χ4v) is 6.02. The molecule has 1 heterocycles. The molecule has 1 aliphatic rings. The van der Waals surface area contributed by atoms with Gasteiger partial charge in [-0.15, -0.1) is 0 Å². The smallest absolute Gasteiger partial charge is 0.270 e. The standard InChI is InChI=1S/C20H17I2NO2S2/c1-4-25-18-13(8-14(21)10-16(18)22)9-17-19(24)23(20(26)27-17)15-6-5-11(2)12(3)7-15/h5-10H,4H2,1-3H3. The van der Waals surface area contributed by atoms with Crippen molar-refractivity contribution >= 4 is 91.2 Å². The summed E-state index contributed by atoms with van der Waals surface area (Å²) in [5.41, 5.74) is 4.03. The van der Waals surface area contributed by atoms with E-state index in [0.717, 1.165) is 29.7 Å². The Bertz CT molecular complexity index is 973. The Morgan fingerprint density at radius 1 is 1.19 bits per heavy atom. The molecule has 7 heteroatoms. The fraction of sp³-hybridized carbons (Fsp3) is 0.200. The molecular weight excluding hydrogens is 604 g/mol. The van der Waals surface area contributed by atoms with Crippen molar-refractivity contribution in [3.63, 3.8) is 0 Å². The molecule has 1 saturated heterocycles. The Labute approximate surface area is 196 Å². The Morgan fingerprint density at radius 3 is 2.59 bits per heavy atom. The average Bonchev–Trinajstić information content (AvgIpc) is 2.87. The maximum absolute atomic E-state index is 13.1. The van der Waals surface area contributed by atoms with Crippen LogP contribution in [0.3, 0.4) is 0 Å². The summed E-state index contributed by atoms with van der Waals surface area (Å²) in [6, 6.07) is 10.0. The summed E-state index contributed by atoms with van der Waals surface area (Å²) in [5, 5.41) is 0. The minimum atomic E-state index is -0.0930. The number of carbonyl (C=O) groups is 1. The van der Waals surface area contributed by atoms with Crippen LogP contribution >= 0.6 is 69.2 Å². The summed E-state index contributed by atoms with van der Waals surface area (Å²) in [5.74, 6) is 0.708. The van der Waals surface area contributed by atoms with Crippen molar-refractivity contribution in [2.24, 2.45) is 0 Å². The molecule has 0 aliphatic carbocycles. The summed E-state index contributed by atoms with van der Waals surface area (Å²) in [7, 11) is 0. The number of thioether (sulfide) groups is 1. The van der Waals surface area contributed by atoms with Crippen molar-refractivity contribution < 1.29 is 9.53 Å². The Kier molecular flexibility index (Phi) is 6.86. The second kappa shape index (κ2) is 8.79. The van der Waals surface area contributed by atoms with Crippen LogP contribution in [0.1, 0.15) is 23.6 Å². The predicted molar refractivity (Wildman–Crippen MR) is 135 cm³/mol. The zero-order valence-electron chi connectivity index (χ0n) is 15.0. The van der Waals surface area contributed by atoms with E-state index in [9.17, 15) is 4.79 Å². The second-order valence-electron chi connectivity index (χ2n) is 6.02. The number of hydrogen-bond acceptors (Lipinski definition) is 4. The molecule has 0 bridgehead atoms.